The van der Waals surface area contributed by atoms with Gasteiger partial charge >= 0.3 is 6.09 Å². The number of hydrogen-bond donors (Lipinski definition) is 1. The number of thiazole rings is 1. The summed E-state index contributed by atoms with van der Waals surface area (Å²) in [5.41, 5.74) is 4.54. The SMILES string of the molecule is CCNC(=O)OCc1csc(C2CCN(c3cccc(-c4ccc(C5CCCCC5)cc4)n3)CC2)n1. The molecule has 0 unspecified atom stereocenters. The van der Waals surface area contributed by atoms with Gasteiger partial charge in [-0.1, -0.05) is 49.6 Å². The summed E-state index contributed by atoms with van der Waals surface area (Å²) in [5, 5.41) is 5.79. The number of alkyl carbamates (subject to hydrolysis) is 1. The van der Waals surface area contributed by atoms with Crippen LogP contribution >= 0.6 is 11.3 Å². The molecule has 190 valence electrons. The van der Waals surface area contributed by atoms with Crippen LogP contribution in [-0.4, -0.2) is 35.7 Å². The minimum Gasteiger partial charge on any atom is -0.443 e. The molecule has 1 aliphatic heterocycles. The monoisotopic (exact) mass is 504 g/mol. The number of carbonyl (C=O) groups excluding carboxylic acids is 1. The molecule has 2 aromatic heterocycles. The number of carbonyl (C=O) groups is 1. The largest absolute Gasteiger partial charge is 0.443 e. The van der Waals surface area contributed by atoms with Gasteiger partial charge in [-0.05, 0) is 56.2 Å². The number of benzene rings is 1. The number of piperidine rings is 1. The van der Waals surface area contributed by atoms with Gasteiger partial charge in [-0.15, -0.1) is 11.3 Å². The minimum absolute atomic E-state index is 0.222. The molecule has 1 N–H and O–H groups in total. The Balaban J connectivity index is 1.17. The molecule has 3 aromatic rings. The van der Waals surface area contributed by atoms with Crippen molar-refractivity contribution in [3.8, 4) is 11.3 Å². The molecule has 0 spiro atoms. The molecule has 36 heavy (non-hydrogen) atoms. The molecule has 0 radical (unpaired) electrons. The van der Waals surface area contributed by atoms with Gasteiger partial charge in [-0.3, -0.25) is 0 Å². The van der Waals surface area contributed by atoms with Gasteiger partial charge in [0.2, 0.25) is 0 Å². The van der Waals surface area contributed by atoms with Crippen molar-refractivity contribution in [1.82, 2.24) is 15.3 Å². The highest BCUT2D eigenvalue weighted by atomic mass is 32.1. The van der Waals surface area contributed by atoms with Gasteiger partial charge in [0.25, 0.3) is 0 Å². The van der Waals surface area contributed by atoms with Gasteiger partial charge in [0.1, 0.15) is 12.4 Å². The topological polar surface area (TPSA) is 67.3 Å². The van der Waals surface area contributed by atoms with Crippen molar-refractivity contribution in [2.24, 2.45) is 0 Å². The number of pyridine rings is 1. The minimum atomic E-state index is -0.393. The number of aromatic nitrogens is 2. The zero-order valence-corrected chi connectivity index (χ0v) is 21.9. The van der Waals surface area contributed by atoms with Crippen LogP contribution in [0.15, 0.2) is 47.8 Å². The molecule has 1 amide bonds. The van der Waals surface area contributed by atoms with E-state index >= 15 is 0 Å². The van der Waals surface area contributed by atoms with Crippen LogP contribution < -0.4 is 10.2 Å². The number of nitrogens with zero attached hydrogens (tertiary/aromatic N) is 3. The van der Waals surface area contributed by atoms with E-state index in [-0.39, 0.29) is 6.61 Å². The lowest BCUT2D eigenvalue weighted by atomic mass is 9.84. The Bertz CT molecular complexity index is 1130. The molecule has 7 heteroatoms. The molecule has 0 atom stereocenters. The van der Waals surface area contributed by atoms with Crippen molar-refractivity contribution in [3.05, 3.63) is 64.1 Å². The lowest BCUT2D eigenvalue weighted by Crippen LogP contribution is -2.33. The fourth-order valence-corrected chi connectivity index (χ4v) is 6.36. The molecular weight excluding hydrogens is 468 g/mol. The molecule has 2 fully saturated rings. The number of anilines is 1. The van der Waals surface area contributed by atoms with Crippen LogP contribution in [0, 0.1) is 0 Å². The number of hydrogen-bond acceptors (Lipinski definition) is 6. The standard InChI is InChI=1S/C29H36N4O2S/c1-2-30-29(34)35-19-25-20-36-28(31-25)24-15-17-33(18-16-24)27-10-6-9-26(32-27)23-13-11-22(12-14-23)21-7-4-3-5-8-21/h6,9-14,20-21,24H,2-5,7-8,15-19H2,1H3,(H,30,34). The molecule has 5 rings (SSSR count). The highest BCUT2D eigenvalue weighted by Gasteiger charge is 2.24. The van der Waals surface area contributed by atoms with E-state index in [9.17, 15) is 4.79 Å². The zero-order valence-electron chi connectivity index (χ0n) is 21.1. The van der Waals surface area contributed by atoms with E-state index in [1.165, 1.54) is 43.2 Å². The average molecular weight is 505 g/mol. The van der Waals surface area contributed by atoms with Crippen LogP contribution in [0.25, 0.3) is 11.3 Å². The first-order valence-electron chi connectivity index (χ1n) is 13.4. The van der Waals surface area contributed by atoms with Crippen LogP contribution in [0.2, 0.25) is 0 Å². The van der Waals surface area contributed by atoms with Crippen molar-refractivity contribution in [1.29, 1.82) is 0 Å². The molecule has 3 heterocycles. The van der Waals surface area contributed by atoms with Crippen molar-refractivity contribution < 1.29 is 9.53 Å². The Hall–Kier alpha value is -2.93. The summed E-state index contributed by atoms with van der Waals surface area (Å²) in [4.78, 5) is 23.7. The zero-order chi connectivity index (χ0) is 24.7. The predicted octanol–water partition coefficient (Wildman–Crippen LogP) is 6.88. The molecule has 2 aliphatic rings. The second-order valence-electron chi connectivity index (χ2n) is 9.88. The number of amides is 1. The van der Waals surface area contributed by atoms with Crippen molar-refractivity contribution in [2.45, 2.75) is 70.3 Å². The van der Waals surface area contributed by atoms with Gasteiger partial charge in [-0.2, -0.15) is 0 Å². The molecule has 0 bridgehead atoms. The fraction of sp³-hybridized carbons (Fsp3) is 0.483. The third-order valence-corrected chi connectivity index (χ3v) is 8.48. The van der Waals surface area contributed by atoms with E-state index in [1.807, 2.05) is 12.3 Å². The van der Waals surface area contributed by atoms with E-state index < -0.39 is 6.09 Å². The second-order valence-corrected chi connectivity index (χ2v) is 10.8. The van der Waals surface area contributed by atoms with Crippen LogP contribution in [0.4, 0.5) is 10.6 Å². The molecule has 1 aromatic carbocycles. The van der Waals surface area contributed by atoms with Crippen molar-refractivity contribution in [3.63, 3.8) is 0 Å². The van der Waals surface area contributed by atoms with E-state index in [0.29, 0.717) is 12.5 Å². The van der Waals surface area contributed by atoms with Gasteiger partial charge in [-0.25, -0.2) is 14.8 Å². The summed E-state index contributed by atoms with van der Waals surface area (Å²) in [6.07, 6.45) is 8.48. The summed E-state index contributed by atoms with van der Waals surface area (Å²) >= 11 is 1.67. The van der Waals surface area contributed by atoms with Crippen LogP contribution in [0.5, 0.6) is 0 Å². The highest BCUT2D eigenvalue weighted by molar-refractivity contribution is 7.09. The predicted molar refractivity (Wildman–Crippen MR) is 146 cm³/mol. The van der Waals surface area contributed by atoms with E-state index in [1.54, 1.807) is 11.3 Å². The number of rotatable bonds is 7. The third kappa shape index (κ3) is 6.06. The summed E-state index contributed by atoms with van der Waals surface area (Å²) in [6.45, 7) is 4.58. The molecule has 1 aliphatic carbocycles. The first kappa shape index (κ1) is 24.8. The van der Waals surface area contributed by atoms with Gasteiger partial charge in [0.15, 0.2) is 0 Å². The van der Waals surface area contributed by atoms with Crippen LogP contribution in [0.3, 0.4) is 0 Å². The normalized spacial score (nSPS) is 17.2. The van der Waals surface area contributed by atoms with Gasteiger partial charge < -0.3 is 15.0 Å². The second kappa shape index (κ2) is 11.9. The van der Waals surface area contributed by atoms with Gasteiger partial charge in [0.05, 0.1) is 16.4 Å². The Kier molecular flexibility index (Phi) is 8.16. The first-order valence-corrected chi connectivity index (χ1v) is 14.2. The Morgan fingerprint density at radius 1 is 1.00 bits per heavy atom. The highest BCUT2D eigenvalue weighted by Crippen LogP contribution is 2.35. The Morgan fingerprint density at radius 2 is 1.78 bits per heavy atom. The Morgan fingerprint density at radius 3 is 2.53 bits per heavy atom. The summed E-state index contributed by atoms with van der Waals surface area (Å²) in [6, 6.07) is 15.5. The first-order chi connectivity index (χ1) is 17.7. The molecule has 6 nitrogen and oxygen atoms in total. The number of ether oxygens (including phenoxy) is 1. The van der Waals surface area contributed by atoms with Crippen molar-refractivity contribution >= 4 is 23.2 Å². The Labute approximate surface area is 218 Å². The maximum atomic E-state index is 11.5. The van der Waals surface area contributed by atoms with Crippen LogP contribution in [-0.2, 0) is 11.3 Å². The van der Waals surface area contributed by atoms with E-state index in [0.717, 1.165) is 54.1 Å². The number of nitrogens with one attached hydrogen (secondary N) is 1. The molecular formula is C29H36N4O2S. The third-order valence-electron chi connectivity index (χ3n) is 7.43. The molecule has 1 saturated carbocycles. The summed E-state index contributed by atoms with van der Waals surface area (Å²) in [5.74, 6) is 2.23. The average Bonchev–Trinajstić information content (AvgIpc) is 3.42. The quantitative estimate of drug-likeness (QED) is 0.380. The van der Waals surface area contributed by atoms with Crippen LogP contribution in [0.1, 0.15) is 80.0 Å². The molecule has 1 saturated heterocycles. The van der Waals surface area contributed by atoms with Gasteiger partial charge in [0, 0.05) is 36.5 Å². The fourth-order valence-electron chi connectivity index (χ4n) is 5.39. The van der Waals surface area contributed by atoms with Crippen molar-refractivity contribution in [2.75, 3.05) is 24.5 Å². The maximum Gasteiger partial charge on any atom is 0.407 e. The lowest BCUT2D eigenvalue weighted by molar-refractivity contribution is 0.139. The van der Waals surface area contributed by atoms with E-state index in [2.05, 4.69) is 52.7 Å². The maximum absolute atomic E-state index is 11.5. The summed E-state index contributed by atoms with van der Waals surface area (Å²) < 4.78 is 5.21. The summed E-state index contributed by atoms with van der Waals surface area (Å²) in [7, 11) is 0. The smallest absolute Gasteiger partial charge is 0.407 e. The van der Waals surface area contributed by atoms with E-state index in [4.69, 9.17) is 14.7 Å². The lowest BCUT2D eigenvalue weighted by Gasteiger charge is -2.32.